The molecule has 0 radical (unpaired) electrons. The lowest BCUT2D eigenvalue weighted by atomic mass is 10.0. The molecule has 0 saturated heterocycles. The van der Waals surface area contributed by atoms with E-state index in [4.69, 9.17) is 14.6 Å². The number of ether oxygens (including phenoxy) is 2. The first kappa shape index (κ1) is 20.3. The zero-order valence-corrected chi connectivity index (χ0v) is 15.6. The van der Waals surface area contributed by atoms with Crippen LogP contribution in [0.1, 0.15) is 24.0 Å². The van der Waals surface area contributed by atoms with Crippen LogP contribution in [0, 0.1) is 0 Å². The predicted octanol–water partition coefficient (Wildman–Crippen LogP) is 2.84. The molecule has 144 valence electrons. The molecular formula is C21H25NO5. The van der Waals surface area contributed by atoms with Crippen LogP contribution in [0.5, 0.6) is 11.5 Å². The summed E-state index contributed by atoms with van der Waals surface area (Å²) >= 11 is 0. The summed E-state index contributed by atoms with van der Waals surface area (Å²) in [4.78, 5) is 23.5. The average molecular weight is 371 g/mol. The van der Waals surface area contributed by atoms with E-state index in [2.05, 4.69) is 5.32 Å². The van der Waals surface area contributed by atoms with Crippen molar-refractivity contribution >= 4 is 11.9 Å². The zero-order chi connectivity index (χ0) is 19.6. The third-order valence-electron chi connectivity index (χ3n) is 4.24. The highest BCUT2D eigenvalue weighted by molar-refractivity contribution is 5.80. The summed E-state index contributed by atoms with van der Waals surface area (Å²) in [5.41, 5.74) is 1.76. The lowest BCUT2D eigenvalue weighted by Gasteiger charge is -2.19. The van der Waals surface area contributed by atoms with E-state index in [-0.39, 0.29) is 24.8 Å². The Kier molecular flexibility index (Phi) is 7.67. The van der Waals surface area contributed by atoms with Gasteiger partial charge in [-0.3, -0.25) is 9.59 Å². The maximum absolute atomic E-state index is 12.6. The van der Waals surface area contributed by atoms with Crippen LogP contribution in [0.2, 0.25) is 0 Å². The molecule has 0 heterocycles. The summed E-state index contributed by atoms with van der Waals surface area (Å²) in [5, 5.41) is 11.9. The molecule has 0 aliphatic heterocycles. The van der Waals surface area contributed by atoms with Gasteiger partial charge in [-0.1, -0.05) is 30.3 Å². The molecule has 1 amide bonds. The van der Waals surface area contributed by atoms with Crippen molar-refractivity contribution in [3.63, 3.8) is 0 Å². The van der Waals surface area contributed by atoms with Crippen molar-refractivity contribution in [3.8, 4) is 11.5 Å². The Morgan fingerprint density at radius 3 is 2.44 bits per heavy atom. The first-order valence-electron chi connectivity index (χ1n) is 8.77. The molecule has 0 fully saturated rings. The molecule has 0 aliphatic rings. The number of carboxylic acids is 1. The summed E-state index contributed by atoms with van der Waals surface area (Å²) in [6.45, 7) is 0. The van der Waals surface area contributed by atoms with Gasteiger partial charge in [0.2, 0.25) is 5.91 Å². The van der Waals surface area contributed by atoms with E-state index >= 15 is 0 Å². The molecule has 2 N–H and O–H groups in total. The standard InChI is InChI=1S/C21H25NO5/c1-26-18-9-10-19(27-2)16(13-18)14-20(23)22-17(8-11-21(24)25)12-15-6-4-3-5-7-15/h3-7,9-10,13,17H,8,11-12,14H2,1-2H3,(H,22,23)(H,24,25). The number of benzene rings is 2. The molecule has 2 aromatic carbocycles. The maximum Gasteiger partial charge on any atom is 0.303 e. The molecule has 1 unspecified atom stereocenters. The van der Waals surface area contributed by atoms with E-state index in [1.54, 1.807) is 32.4 Å². The Bertz CT molecular complexity index is 760. The van der Waals surface area contributed by atoms with Gasteiger partial charge < -0.3 is 19.9 Å². The molecule has 27 heavy (non-hydrogen) atoms. The molecule has 0 saturated carbocycles. The number of methoxy groups -OCH3 is 2. The van der Waals surface area contributed by atoms with Crippen molar-refractivity contribution < 1.29 is 24.2 Å². The number of carbonyl (C=O) groups excluding carboxylic acids is 1. The van der Waals surface area contributed by atoms with Crippen molar-refractivity contribution in [1.29, 1.82) is 0 Å². The fraction of sp³-hybridized carbons (Fsp3) is 0.333. The number of carbonyl (C=O) groups is 2. The fourth-order valence-corrected chi connectivity index (χ4v) is 2.89. The van der Waals surface area contributed by atoms with Crippen molar-refractivity contribution in [2.75, 3.05) is 14.2 Å². The molecule has 1 atom stereocenters. The minimum atomic E-state index is -0.878. The van der Waals surface area contributed by atoms with Gasteiger partial charge in [0.15, 0.2) is 0 Å². The SMILES string of the molecule is COc1ccc(OC)c(CC(=O)NC(CCC(=O)O)Cc2ccccc2)c1. The van der Waals surface area contributed by atoms with Crippen LogP contribution in [0.4, 0.5) is 0 Å². The van der Waals surface area contributed by atoms with E-state index < -0.39 is 5.97 Å². The Morgan fingerprint density at radius 1 is 1.07 bits per heavy atom. The summed E-state index contributed by atoms with van der Waals surface area (Å²) in [6, 6.07) is 14.7. The fourth-order valence-electron chi connectivity index (χ4n) is 2.89. The lowest BCUT2D eigenvalue weighted by Crippen LogP contribution is -2.37. The van der Waals surface area contributed by atoms with E-state index in [9.17, 15) is 9.59 Å². The zero-order valence-electron chi connectivity index (χ0n) is 15.6. The number of hydrogen-bond donors (Lipinski definition) is 2. The Hall–Kier alpha value is -3.02. The van der Waals surface area contributed by atoms with Crippen LogP contribution in [-0.2, 0) is 22.4 Å². The quantitative estimate of drug-likeness (QED) is 0.671. The summed E-state index contributed by atoms with van der Waals surface area (Å²) < 4.78 is 10.5. The normalized spacial score (nSPS) is 11.5. The van der Waals surface area contributed by atoms with E-state index in [0.717, 1.165) is 5.56 Å². The highest BCUT2D eigenvalue weighted by Gasteiger charge is 2.17. The van der Waals surface area contributed by atoms with Gasteiger partial charge in [-0.25, -0.2) is 0 Å². The molecule has 2 rings (SSSR count). The van der Waals surface area contributed by atoms with Crippen LogP contribution >= 0.6 is 0 Å². The van der Waals surface area contributed by atoms with Gasteiger partial charge in [-0.05, 0) is 36.6 Å². The summed E-state index contributed by atoms with van der Waals surface area (Å²) in [7, 11) is 3.11. The van der Waals surface area contributed by atoms with Gasteiger partial charge in [0, 0.05) is 18.0 Å². The first-order valence-corrected chi connectivity index (χ1v) is 8.77. The van der Waals surface area contributed by atoms with Crippen molar-refractivity contribution in [3.05, 3.63) is 59.7 Å². The smallest absolute Gasteiger partial charge is 0.303 e. The highest BCUT2D eigenvalue weighted by atomic mass is 16.5. The summed E-state index contributed by atoms with van der Waals surface area (Å²) in [6.07, 6.45) is 1.07. The number of carboxylic acid groups (broad SMARTS) is 1. The van der Waals surface area contributed by atoms with E-state index in [1.807, 2.05) is 30.3 Å². The topological polar surface area (TPSA) is 84.9 Å². The minimum Gasteiger partial charge on any atom is -0.497 e. The monoisotopic (exact) mass is 371 g/mol. The van der Waals surface area contributed by atoms with Gasteiger partial charge >= 0.3 is 5.97 Å². The highest BCUT2D eigenvalue weighted by Crippen LogP contribution is 2.24. The second-order valence-electron chi connectivity index (χ2n) is 6.24. The molecule has 6 nitrogen and oxygen atoms in total. The van der Waals surface area contributed by atoms with Crippen molar-refractivity contribution in [2.45, 2.75) is 31.7 Å². The second-order valence-corrected chi connectivity index (χ2v) is 6.24. The number of aliphatic carboxylic acids is 1. The summed E-state index contributed by atoms with van der Waals surface area (Å²) in [5.74, 6) is 0.186. The van der Waals surface area contributed by atoms with Gasteiger partial charge in [0.1, 0.15) is 11.5 Å². The van der Waals surface area contributed by atoms with E-state index in [0.29, 0.717) is 29.9 Å². The third-order valence-corrected chi connectivity index (χ3v) is 4.24. The molecule has 0 aliphatic carbocycles. The van der Waals surface area contributed by atoms with Gasteiger partial charge in [-0.15, -0.1) is 0 Å². The van der Waals surface area contributed by atoms with Gasteiger partial charge in [-0.2, -0.15) is 0 Å². The third kappa shape index (κ3) is 6.66. The van der Waals surface area contributed by atoms with Crippen LogP contribution in [-0.4, -0.2) is 37.2 Å². The van der Waals surface area contributed by atoms with Crippen molar-refractivity contribution in [1.82, 2.24) is 5.32 Å². The van der Waals surface area contributed by atoms with Gasteiger partial charge in [0.05, 0.1) is 20.6 Å². The minimum absolute atomic E-state index is 0.000259. The van der Waals surface area contributed by atoms with Gasteiger partial charge in [0.25, 0.3) is 0 Å². The Labute approximate surface area is 159 Å². The molecule has 0 aromatic heterocycles. The molecule has 0 bridgehead atoms. The van der Waals surface area contributed by atoms with Crippen LogP contribution in [0.25, 0.3) is 0 Å². The molecule has 6 heteroatoms. The van der Waals surface area contributed by atoms with Crippen molar-refractivity contribution in [2.24, 2.45) is 0 Å². The molecule has 2 aromatic rings. The largest absolute Gasteiger partial charge is 0.497 e. The van der Waals surface area contributed by atoms with Crippen LogP contribution in [0.15, 0.2) is 48.5 Å². The molecular weight excluding hydrogens is 346 g/mol. The number of rotatable bonds is 10. The number of amides is 1. The average Bonchev–Trinajstić information content (AvgIpc) is 2.66. The lowest BCUT2D eigenvalue weighted by molar-refractivity contribution is -0.137. The van der Waals surface area contributed by atoms with Crippen LogP contribution < -0.4 is 14.8 Å². The Balaban J connectivity index is 2.07. The predicted molar refractivity (Wildman–Crippen MR) is 102 cm³/mol. The Morgan fingerprint density at radius 2 is 1.81 bits per heavy atom. The molecule has 0 spiro atoms. The number of nitrogens with one attached hydrogen (secondary N) is 1. The maximum atomic E-state index is 12.6. The first-order chi connectivity index (χ1) is 13.0. The second kappa shape index (κ2) is 10.2. The van der Waals surface area contributed by atoms with Crippen LogP contribution in [0.3, 0.4) is 0 Å². The number of hydrogen-bond acceptors (Lipinski definition) is 4. The van der Waals surface area contributed by atoms with E-state index in [1.165, 1.54) is 0 Å².